The number of nitrogens with two attached hydrogens (primary N) is 2. The summed E-state index contributed by atoms with van der Waals surface area (Å²) in [5.41, 5.74) is 11.7. The molecule has 2 heteroatoms. The first-order chi connectivity index (χ1) is 18.7. The Balaban J connectivity index is 0. The van der Waals surface area contributed by atoms with Gasteiger partial charge in [-0.2, -0.15) is 0 Å². The molecule has 0 rings (SSSR count). The van der Waals surface area contributed by atoms with E-state index in [1.165, 1.54) is 186 Å². The van der Waals surface area contributed by atoms with Crippen molar-refractivity contribution >= 4 is 0 Å². The van der Waals surface area contributed by atoms with Crippen LogP contribution < -0.4 is 11.5 Å². The molecule has 0 aliphatic heterocycles. The van der Waals surface area contributed by atoms with Crippen LogP contribution >= 0.6 is 0 Å². The molecule has 0 aromatic carbocycles. The van der Waals surface area contributed by atoms with Gasteiger partial charge in [0, 0.05) is 6.04 Å². The van der Waals surface area contributed by atoms with E-state index in [0.717, 1.165) is 6.54 Å². The summed E-state index contributed by atoms with van der Waals surface area (Å²) < 4.78 is 0. The van der Waals surface area contributed by atoms with Crippen molar-refractivity contribution in [3.8, 4) is 0 Å². The standard InChI is InChI=1S/C18H39N.C18H37N/c1-3-5-7-9-11-13-15-17-18(19)16-14-12-10-8-6-4-2;1-2-3-4-5-6-7-8-9-10-11-12-13-14-15-16-17-18-19/h18H,3-17,19H2,1-2H3;9-10H,2-8,11-19H2,1H3. The first-order valence-corrected chi connectivity index (χ1v) is 17.8. The molecule has 0 heterocycles. The minimum absolute atomic E-state index is 0.474. The number of hydrogen-bond acceptors (Lipinski definition) is 2. The van der Waals surface area contributed by atoms with E-state index in [2.05, 4.69) is 32.9 Å². The highest BCUT2D eigenvalue weighted by atomic mass is 14.6. The Morgan fingerprint density at radius 2 is 0.684 bits per heavy atom. The highest BCUT2D eigenvalue weighted by Crippen LogP contribution is 2.13. The van der Waals surface area contributed by atoms with Crippen molar-refractivity contribution in [2.75, 3.05) is 6.54 Å². The molecule has 1 unspecified atom stereocenters. The largest absolute Gasteiger partial charge is 0.330 e. The Bertz CT molecular complexity index is 406. The molecule has 0 fully saturated rings. The van der Waals surface area contributed by atoms with Crippen molar-refractivity contribution in [3.63, 3.8) is 0 Å². The van der Waals surface area contributed by atoms with Crippen LogP contribution in [0.25, 0.3) is 0 Å². The summed E-state index contributed by atoms with van der Waals surface area (Å²) >= 11 is 0. The third kappa shape index (κ3) is 40.2. The second-order valence-electron chi connectivity index (χ2n) is 12.0. The summed E-state index contributed by atoms with van der Waals surface area (Å²) in [5.74, 6) is 0. The van der Waals surface area contributed by atoms with Gasteiger partial charge in [0.05, 0.1) is 0 Å². The third-order valence-corrected chi connectivity index (χ3v) is 7.82. The second-order valence-corrected chi connectivity index (χ2v) is 12.0. The summed E-state index contributed by atoms with van der Waals surface area (Å²) in [5, 5.41) is 0. The van der Waals surface area contributed by atoms with Crippen LogP contribution in [0.2, 0.25) is 0 Å². The zero-order valence-electron chi connectivity index (χ0n) is 27.1. The van der Waals surface area contributed by atoms with E-state index in [4.69, 9.17) is 11.5 Å². The Morgan fingerprint density at radius 1 is 0.395 bits per heavy atom. The highest BCUT2D eigenvalue weighted by molar-refractivity contribution is 4.81. The van der Waals surface area contributed by atoms with Crippen molar-refractivity contribution in [1.82, 2.24) is 0 Å². The molecule has 1 atom stereocenters. The van der Waals surface area contributed by atoms with Crippen molar-refractivity contribution in [2.24, 2.45) is 11.5 Å². The quantitative estimate of drug-likeness (QED) is 0.0708. The average Bonchev–Trinajstić information content (AvgIpc) is 2.92. The van der Waals surface area contributed by atoms with Crippen LogP contribution in [0, 0.1) is 0 Å². The van der Waals surface area contributed by atoms with Gasteiger partial charge in [-0.3, -0.25) is 0 Å². The fourth-order valence-corrected chi connectivity index (χ4v) is 5.09. The number of unbranched alkanes of at least 4 members (excludes halogenated alkanes) is 23. The van der Waals surface area contributed by atoms with Crippen LogP contribution in [0.1, 0.15) is 207 Å². The van der Waals surface area contributed by atoms with E-state index in [1.54, 1.807) is 0 Å². The summed E-state index contributed by atoms with van der Waals surface area (Å²) in [6, 6.07) is 0.474. The Kier molecular flexibility index (Phi) is 40.6. The molecular weight excluding hydrogens is 460 g/mol. The number of rotatable bonds is 30. The minimum Gasteiger partial charge on any atom is -0.330 e. The molecular formula is C36H76N2. The Labute approximate surface area is 243 Å². The minimum atomic E-state index is 0.474. The van der Waals surface area contributed by atoms with Gasteiger partial charge in [0.2, 0.25) is 0 Å². The zero-order valence-corrected chi connectivity index (χ0v) is 27.1. The molecule has 0 saturated heterocycles. The first kappa shape index (κ1) is 39.8. The molecule has 0 saturated carbocycles. The normalized spacial score (nSPS) is 12.1. The van der Waals surface area contributed by atoms with Crippen molar-refractivity contribution in [2.45, 2.75) is 213 Å². The van der Waals surface area contributed by atoms with Crippen LogP contribution in [0.3, 0.4) is 0 Å². The SMILES string of the molecule is CCCCCCCCC=CCCCCCCCCN.CCCCCCCCCC(N)CCCCCCCC. The maximum atomic E-state index is 6.18. The molecule has 2 nitrogen and oxygen atoms in total. The van der Waals surface area contributed by atoms with E-state index in [9.17, 15) is 0 Å². The van der Waals surface area contributed by atoms with E-state index >= 15 is 0 Å². The predicted octanol–water partition coefficient (Wildman–Crippen LogP) is 12.2. The lowest BCUT2D eigenvalue weighted by atomic mass is 10.0. The molecule has 38 heavy (non-hydrogen) atoms. The maximum Gasteiger partial charge on any atom is 0.00388 e. The van der Waals surface area contributed by atoms with Crippen LogP contribution in [0.15, 0.2) is 12.2 Å². The van der Waals surface area contributed by atoms with Gasteiger partial charge in [0.1, 0.15) is 0 Å². The van der Waals surface area contributed by atoms with Gasteiger partial charge in [-0.05, 0) is 51.5 Å². The van der Waals surface area contributed by atoms with Crippen LogP contribution in [0.5, 0.6) is 0 Å². The summed E-state index contributed by atoms with van der Waals surface area (Å²) in [6.45, 7) is 7.70. The third-order valence-electron chi connectivity index (χ3n) is 7.82. The van der Waals surface area contributed by atoms with Gasteiger partial charge in [0.15, 0.2) is 0 Å². The van der Waals surface area contributed by atoms with Gasteiger partial charge >= 0.3 is 0 Å². The van der Waals surface area contributed by atoms with Crippen LogP contribution in [0.4, 0.5) is 0 Å². The monoisotopic (exact) mass is 537 g/mol. The topological polar surface area (TPSA) is 52.0 Å². The molecule has 230 valence electrons. The van der Waals surface area contributed by atoms with Crippen molar-refractivity contribution < 1.29 is 0 Å². The summed E-state index contributed by atoms with van der Waals surface area (Å²) in [7, 11) is 0. The predicted molar refractivity (Wildman–Crippen MR) is 177 cm³/mol. The Hall–Kier alpha value is -0.340. The van der Waals surface area contributed by atoms with Crippen LogP contribution in [-0.4, -0.2) is 12.6 Å². The molecule has 0 aliphatic rings. The van der Waals surface area contributed by atoms with Crippen LogP contribution in [-0.2, 0) is 0 Å². The smallest absolute Gasteiger partial charge is 0.00388 e. The lowest BCUT2D eigenvalue weighted by Crippen LogP contribution is -2.19. The molecule has 4 N–H and O–H groups in total. The average molecular weight is 537 g/mol. The van der Waals surface area contributed by atoms with Gasteiger partial charge in [-0.25, -0.2) is 0 Å². The molecule has 0 aromatic heterocycles. The summed E-state index contributed by atoms with van der Waals surface area (Å²) in [6.07, 6.45) is 44.5. The van der Waals surface area contributed by atoms with E-state index in [1.807, 2.05) is 0 Å². The molecule has 0 amide bonds. The van der Waals surface area contributed by atoms with Crippen molar-refractivity contribution in [3.05, 3.63) is 12.2 Å². The summed E-state index contributed by atoms with van der Waals surface area (Å²) in [4.78, 5) is 0. The maximum absolute atomic E-state index is 6.18. The fourth-order valence-electron chi connectivity index (χ4n) is 5.09. The molecule has 0 aliphatic carbocycles. The molecule has 0 spiro atoms. The lowest BCUT2D eigenvalue weighted by Gasteiger charge is -2.11. The first-order valence-electron chi connectivity index (χ1n) is 17.8. The number of hydrogen-bond donors (Lipinski definition) is 2. The van der Waals surface area contributed by atoms with Crippen molar-refractivity contribution in [1.29, 1.82) is 0 Å². The van der Waals surface area contributed by atoms with E-state index in [0.29, 0.717) is 6.04 Å². The van der Waals surface area contributed by atoms with Gasteiger partial charge in [-0.15, -0.1) is 0 Å². The molecule has 0 bridgehead atoms. The zero-order chi connectivity index (χ0) is 28.2. The number of allylic oxidation sites excluding steroid dienone is 2. The fraction of sp³-hybridized carbons (Fsp3) is 0.944. The second kappa shape index (κ2) is 38.8. The van der Waals surface area contributed by atoms with E-state index < -0.39 is 0 Å². The lowest BCUT2D eigenvalue weighted by molar-refractivity contribution is 0.483. The van der Waals surface area contributed by atoms with Gasteiger partial charge in [0.25, 0.3) is 0 Å². The van der Waals surface area contributed by atoms with Gasteiger partial charge < -0.3 is 11.5 Å². The van der Waals surface area contributed by atoms with E-state index in [-0.39, 0.29) is 0 Å². The Morgan fingerprint density at radius 3 is 1.03 bits per heavy atom. The van der Waals surface area contributed by atoms with Gasteiger partial charge in [-0.1, -0.05) is 174 Å². The molecule has 0 radical (unpaired) electrons. The highest BCUT2D eigenvalue weighted by Gasteiger charge is 2.02. The molecule has 0 aromatic rings.